The molecule has 2 amide bonds. The Morgan fingerprint density at radius 3 is 2.45 bits per heavy atom. The maximum Gasteiger partial charge on any atom is 0.287 e. The number of hydrogen-bond donors (Lipinski definition) is 1. The van der Waals surface area contributed by atoms with Crippen LogP contribution in [0.4, 0.5) is 5.69 Å². The first-order valence-electron chi connectivity index (χ1n) is 9.40. The highest BCUT2D eigenvalue weighted by Crippen LogP contribution is 2.27. The second-order valence-corrected chi connectivity index (χ2v) is 8.43. The normalized spacial score (nSPS) is 15.7. The number of furan rings is 1. The average molecular weight is 417 g/mol. The van der Waals surface area contributed by atoms with Crippen LogP contribution in [0.5, 0.6) is 0 Å². The third-order valence-corrected chi connectivity index (χ3v) is 6.02. The molecule has 0 saturated carbocycles. The van der Waals surface area contributed by atoms with Crippen molar-refractivity contribution in [2.75, 3.05) is 13.1 Å². The van der Waals surface area contributed by atoms with Gasteiger partial charge in [-0.3, -0.25) is 19.7 Å². The summed E-state index contributed by atoms with van der Waals surface area (Å²) in [7, 11) is 0. The predicted octanol–water partition coefficient (Wildman–Crippen LogP) is 3.40. The van der Waals surface area contributed by atoms with E-state index in [-0.39, 0.29) is 28.8 Å². The molecular formula is C20H23N3O5S. The molecule has 0 bridgehead atoms. The first kappa shape index (κ1) is 20.9. The van der Waals surface area contributed by atoms with Crippen molar-refractivity contribution in [3.8, 4) is 0 Å². The number of carbonyl (C=O) groups excluding carboxylic acids is 2. The summed E-state index contributed by atoms with van der Waals surface area (Å²) in [5.41, 5.74) is 0.828. The fourth-order valence-electron chi connectivity index (χ4n) is 3.26. The molecule has 29 heavy (non-hydrogen) atoms. The lowest BCUT2D eigenvalue weighted by Crippen LogP contribution is -2.48. The van der Waals surface area contributed by atoms with Gasteiger partial charge in [0.05, 0.1) is 16.4 Å². The smallest absolute Gasteiger partial charge is 0.287 e. The number of likely N-dealkylation sites (tertiary alicyclic amines) is 1. The monoisotopic (exact) mass is 417 g/mol. The van der Waals surface area contributed by atoms with Crippen LogP contribution in [-0.4, -0.2) is 46.0 Å². The summed E-state index contributed by atoms with van der Waals surface area (Å²) >= 11 is 1.38. The zero-order chi connectivity index (χ0) is 21.0. The number of non-ortho nitro benzene ring substituents is 1. The van der Waals surface area contributed by atoms with Crippen molar-refractivity contribution < 1.29 is 18.9 Å². The number of amides is 2. The molecule has 1 saturated heterocycles. The lowest BCUT2D eigenvalue weighted by Gasteiger charge is -2.33. The van der Waals surface area contributed by atoms with Crippen LogP contribution in [0.15, 0.2) is 45.9 Å². The largest absolute Gasteiger partial charge is 0.459 e. The molecule has 0 aliphatic carbocycles. The predicted molar refractivity (Wildman–Crippen MR) is 109 cm³/mol. The summed E-state index contributed by atoms with van der Waals surface area (Å²) < 4.78 is 5.22. The summed E-state index contributed by atoms with van der Waals surface area (Å²) in [5.74, 6) is 0.135. The van der Waals surface area contributed by atoms with E-state index in [9.17, 15) is 19.7 Å². The van der Waals surface area contributed by atoms with Gasteiger partial charge >= 0.3 is 0 Å². The Morgan fingerprint density at radius 2 is 1.90 bits per heavy atom. The Bertz CT molecular complexity index is 888. The van der Waals surface area contributed by atoms with Crippen LogP contribution >= 0.6 is 11.8 Å². The first-order valence-corrected chi connectivity index (χ1v) is 10.3. The van der Waals surface area contributed by atoms with Gasteiger partial charge in [-0.15, -0.1) is 11.8 Å². The van der Waals surface area contributed by atoms with Crippen molar-refractivity contribution in [1.29, 1.82) is 0 Å². The molecule has 9 heteroatoms. The number of rotatable bonds is 6. The van der Waals surface area contributed by atoms with Crippen molar-refractivity contribution in [2.45, 2.75) is 42.9 Å². The molecule has 3 rings (SSSR count). The van der Waals surface area contributed by atoms with E-state index in [0.717, 1.165) is 10.5 Å². The summed E-state index contributed by atoms with van der Waals surface area (Å²) in [6.45, 7) is 4.81. The highest BCUT2D eigenvalue weighted by Gasteiger charge is 2.28. The molecule has 0 radical (unpaired) electrons. The minimum Gasteiger partial charge on any atom is -0.459 e. The van der Waals surface area contributed by atoms with Crippen LogP contribution in [0.1, 0.15) is 35.9 Å². The Labute approximate surface area is 172 Å². The molecule has 1 aliphatic heterocycles. The van der Waals surface area contributed by atoms with Crippen LogP contribution in [0.25, 0.3) is 0 Å². The lowest BCUT2D eigenvalue weighted by atomic mass is 10.0. The summed E-state index contributed by atoms with van der Waals surface area (Å²) in [4.78, 5) is 37.9. The van der Waals surface area contributed by atoms with Gasteiger partial charge in [-0.2, -0.15) is 0 Å². The van der Waals surface area contributed by atoms with E-state index >= 15 is 0 Å². The minimum atomic E-state index is -0.445. The highest BCUT2D eigenvalue weighted by molar-refractivity contribution is 8.00. The number of thioether (sulfide) groups is 1. The molecule has 8 nitrogen and oxygen atoms in total. The van der Waals surface area contributed by atoms with E-state index in [1.165, 1.54) is 30.2 Å². The Kier molecular flexibility index (Phi) is 6.58. The maximum absolute atomic E-state index is 12.7. The SMILES string of the molecule is Cc1ccoc1C(=O)NC1CCN(C(=O)C(C)Sc2ccc([N+](=O)[O-])cc2)CC1. The van der Waals surface area contributed by atoms with Crippen molar-refractivity contribution >= 4 is 29.3 Å². The summed E-state index contributed by atoms with van der Waals surface area (Å²) in [6, 6.07) is 7.95. The van der Waals surface area contributed by atoms with Gasteiger partial charge in [-0.05, 0) is 44.9 Å². The summed E-state index contributed by atoms with van der Waals surface area (Å²) in [5, 5.41) is 13.4. The van der Waals surface area contributed by atoms with E-state index in [2.05, 4.69) is 5.32 Å². The van der Waals surface area contributed by atoms with E-state index in [4.69, 9.17) is 4.42 Å². The van der Waals surface area contributed by atoms with Crippen LogP contribution in [0.3, 0.4) is 0 Å². The molecule has 154 valence electrons. The number of piperidine rings is 1. The fraction of sp³-hybridized carbons (Fsp3) is 0.400. The number of nitro groups is 1. The topological polar surface area (TPSA) is 106 Å². The van der Waals surface area contributed by atoms with Crippen molar-refractivity contribution in [2.24, 2.45) is 0 Å². The molecule has 1 aromatic heterocycles. The number of nitro benzene ring substituents is 1. The number of aryl methyl sites for hydroxylation is 1. The summed E-state index contributed by atoms with van der Waals surface area (Å²) in [6.07, 6.45) is 2.87. The van der Waals surface area contributed by atoms with Crippen LogP contribution in [-0.2, 0) is 4.79 Å². The molecule has 1 fully saturated rings. The zero-order valence-electron chi connectivity index (χ0n) is 16.3. The van der Waals surface area contributed by atoms with Crippen molar-refractivity contribution in [3.05, 3.63) is 58.0 Å². The second kappa shape index (κ2) is 9.13. The third kappa shape index (κ3) is 5.17. The molecule has 1 atom stereocenters. The van der Waals surface area contributed by atoms with Crippen LogP contribution in [0.2, 0.25) is 0 Å². The minimum absolute atomic E-state index is 0.00804. The maximum atomic E-state index is 12.7. The molecule has 2 aromatic rings. The highest BCUT2D eigenvalue weighted by atomic mass is 32.2. The van der Waals surface area contributed by atoms with Crippen molar-refractivity contribution in [3.63, 3.8) is 0 Å². The zero-order valence-corrected chi connectivity index (χ0v) is 17.1. The van der Waals surface area contributed by atoms with E-state index in [1.807, 2.05) is 18.7 Å². The number of nitrogens with zero attached hydrogens (tertiary/aromatic N) is 2. The molecule has 1 aliphatic rings. The van der Waals surface area contributed by atoms with Gasteiger partial charge in [0.1, 0.15) is 0 Å². The van der Waals surface area contributed by atoms with Crippen molar-refractivity contribution in [1.82, 2.24) is 10.2 Å². The lowest BCUT2D eigenvalue weighted by molar-refractivity contribution is -0.384. The third-order valence-electron chi connectivity index (χ3n) is 4.92. The van der Waals surface area contributed by atoms with Crippen LogP contribution < -0.4 is 5.32 Å². The standard InChI is InChI=1S/C20H23N3O5S/c1-13-9-12-28-18(13)19(24)21-15-7-10-22(11-8-15)20(25)14(2)29-17-5-3-16(4-6-17)23(26)27/h3-6,9,12,14-15H,7-8,10-11H2,1-2H3,(H,21,24). The molecule has 0 spiro atoms. The quantitative estimate of drug-likeness (QED) is 0.439. The fourth-order valence-corrected chi connectivity index (χ4v) is 4.21. The Morgan fingerprint density at radius 1 is 1.24 bits per heavy atom. The number of carbonyl (C=O) groups is 2. The van der Waals surface area contributed by atoms with Crippen LogP contribution in [0, 0.1) is 17.0 Å². The Balaban J connectivity index is 1.48. The molecule has 1 N–H and O–H groups in total. The first-order chi connectivity index (χ1) is 13.8. The molecular weight excluding hydrogens is 394 g/mol. The number of hydrogen-bond acceptors (Lipinski definition) is 6. The Hall–Kier alpha value is -2.81. The number of nitrogens with one attached hydrogen (secondary N) is 1. The van der Waals surface area contributed by atoms with E-state index in [1.54, 1.807) is 18.2 Å². The van der Waals surface area contributed by atoms with Gasteiger partial charge in [-0.1, -0.05) is 0 Å². The van der Waals surface area contributed by atoms with Gasteiger partial charge < -0.3 is 14.6 Å². The average Bonchev–Trinajstić information content (AvgIpc) is 3.14. The van der Waals surface area contributed by atoms with Gasteiger partial charge in [0.25, 0.3) is 11.6 Å². The van der Waals surface area contributed by atoms with Gasteiger partial charge in [-0.25, -0.2) is 0 Å². The van der Waals surface area contributed by atoms with Gasteiger partial charge in [0, 0.05) is 41.7 Å². The molecule has 1 aromatic carbocycles. The second-order valence-electron chi connectivity index (χ2n) is 7.02. The van der Waals surface area contributed by atoms with Gasteiger partial charge in [0.15, 0.2) is 5.76 Å². The molecule has 2 heterocycles. The van der Waals surface area contributed by atoms with E-state index in [0.29, 0.717) is 31.7 Å². The van der Waals surface area contributed by atoms with E-state index < -0.39 is 4.92 Å². The van der Waals surface area contributed by atoms with Gasteiger partial charge in [0.2, 0.25) is 5.91 Å². The number of benzene rings is 1. The molecule has 1 unspecified atom stereocenters.